The quantitative estimate of drug-likeness (QED) is 0.113. The topological polar surface area (TPSA) is 195 Å². The summed E-state index contributed by atoms with van der Waals surface area (Å²) in [6, 6.07) is 15.1. The van der Waals surface area contributed by atoms with Crippen LogP contribution in [0.3, 0.4) is 0 Å². The molecule has 0 spiro atoms. The van der Waals surface area contributed by atoms with E-state index in [0.717, 1.165) is 0 Å². The molecule has 0 aromatic heterocycles. The molecule has 0 amide bonds. The highest BCUT2D eigenvalue weighted by Gasteiger charge is 2.49. The predicted molar refractivity (Wildman–Crippen MR) is 155 cm³/mol. The van der Waals surface area contributed by atoms with Crippen LogP contribution in [0, 0.1) is 17.8 Å². The molecule has 4 rings (SSSR count). The molecule has 4 unspecified atom stereocenters. The highest BCUT2D eigenvalue weighted by Crippen LogP contribution is 2.38. The first kappa shape index (κ1) is 32.3. The van der Waals surface area contributed by atoms with Crippen LogP contribution in [0.2, 0.25) is 0 Å². The molecule has 9 atom stereocenters. The number of ether oxygens (including phenoxy) is 5. The van der Waals surface area contributed by atoms with Gasteiger partial charge in [0.2, 0.25) is 0 Å². The van der Waals surface area contributed by atoms with Crippen molar-refractivity contribution in [1.82, 2.24) is 0 Å². The maximum absolute atomic E-state index is 13.2. The fourth-order valence-corrected chi connectivity index (χ4v) is 5.57. The van der Waals surface area contributed by atoms with Gasteiger partial charge in [0.05, 0.1) is 42.4 Å². The van der Waals surface area contributed by atoms with Gasteiger partial charge in [0.15, 0.2) is 12.4 Å². The van der Waals surface area contributed by atoms with Crippen molar-refractivity contribution in [2.75, 3.05) is 13.7 Å². The standard InChI is InChI=1S/C30H34N6O8/c1-17-22(33-35-31)14-21(27(37)40-3)15-23(17)42-30-26(44-29(39)20-12-8-5-9-13-20)25(34-36-32)18(2)24(43-30)16-41-28(38)19-10-6-4-7-11-19/h4-13,17-18,21-26,30H,14-16H2,1-3H3/t17-,18+,21?,22?,23-,24?,25+,26?,30-/m1/s1. The maximum atomic E-state index is 13.2. The summed E-state index contributed by atoms with van der Waals surface area (Å²) in [4.78, 5) is 44.3. The van der Waals surface area contributed by atoms with Gasteiger partial charge < -0.3 is 23.7 Å². The van der Waals surface area contributed by atoms with Crippen LogP contribution in [0.25, 0.3) is 20.9 Å². The molecule has 0 bridgehead atoms. The number of carbonyl (C=O) groups excluding carboxylic acids is 3. The Morgan fingerprint density at radius 1 is 0.886 bits per heavy atom. The van der Waals surface area contributed by atoms with Gasteiger partial charge in [-0.15, -0.1) is 0 Å². The minimum absolute atomic E-state index is 0.208. The summed E-state index contributed by atoms with van der Waals surface area (Å²) < 4.78 is 29.1. The number of carbonyl (C=O) groups is 3. The Bertz CT molecular complexity index is 1400. The summed E-state index contributed by atoms with van der Waals surface area (Å²) in [6.07, 6.45) is -3.56. The van der Waals surface area contributed by atoms with Gasteiger partial charge in [0.25, 0.3) is 0 Å². The Morgan fingerprint density at radius 2 is 1.50 bits per heavy atom. The molecule has 44 heavy (non-hydrogen) atoms. The molecule has 14 heteroatoms. The smallest absolute Gasteiger partial charge is 0.338 e. The van der Waals surface area contributed by atoms with Crippen LogP contribution in [-0.2, 0) is 28.5 Å². The minimum atomic E-state index is -1.30. The van der Waals surface area contributed by atoms with E-state index in [-0.39, 0.29) is 30.9 Å². The molecular formula is C30H34N6O8. The number of esters is 3. The molecule has 0 N–H and O–H groups in total. The summed E-state index contributed by atoms with van der Waals surface area (Å²) in [7, 11) is 1.27. The molecule has 232 valence electrons. The van der Waals surface area contributed by atoms with E-state index in [1.807, 2.05) is 6.92 Å². The van der Waals surface area contributed by atoms with E-state index in [9.17, 15) is 19.9 Å². The van der Waals surface area contributed by atoms with E-state index < -0.39 is 66.4 Å². The first-order valence-corrected chi connectivity index (χ1v) is 14.2. The lowest BCUT2D eigenvalue weighted by Crippen LogP contribution is -2.58. The van der Waals surface area contributed by atoms with Gasteiger partial charge in [-0.1, -0.05) is 60.5 Å². The molecule has 14 nitrogen and oxygen atoms in total. The molecule has 2 aromatic carbocycles. The van der Waals surface area contributed by atoms with Crippen LogP contribution in [0.5, 0.6) is 0 Å². The van der Waals surface area contributed by atoms with Gasteiger partial charge in [0.1, 0.15) is 6.61 Å². The van der Waals surface area contributed by atoms with Crippen LogP contribution < -0.4 is 0 Å². The molecule has 2 aromatic rings. The Balaban J connectivity index is 1.64. The van der Waals surface area contributed by atoms with Crippen LogP contribution in [0.4, 0.5) is 0 Å². The number of methoxy groups -OCH3 is 1. The van der Waals surface area contributed by atoms with Crippen molar-refractivity contribution >= 4 is 17.9 Å². The fourth-order valence-electron chi connectivity index (χ4n) is 5.57. The van der Waals surface area contributed by atoms with Gasteiger partial charge in [-0.05, 0) is 60.0 Å². The van der Waals surface area contributed by atoms with Crippen molar-refractivity contribution in [2.45, 2.75) is 63.4 Å². The normalized spacial score (nSPS) is 29.7. The molecule has 1 aliphatic carbocycles. The number of nitrogens with zero attached hydrogens (tertiary/aromatic N) is 6. The number of hydrogen-bond donors (Lipinski definition) is 0. The molecule has 0 radical (unpaired) electrons. The van der Waals surface area contributed by atoms with Gasteiger partial charge in [-0.3, -0.25) is 4.79 Å². The van der Waals surface area contributed by atoms with Crippen molar-refractivity contribution in [1.29, 1.82) is 0 Å². The SMILES string of the molecule is COC(=O)C1CC(N=[N+]=[N-])[C@@H](C)[C@H](O[C@@H]2OC(COC(=O)c3ccccc3)[C@H](C)[C@H](N=[N+]=[N-])C2OC(=O)c2ccccc2)C1. The van der Waals surface area contributed by atoms with E-state index in [1.165, 1.54) is 7.11 Å². The molecule has 1 saturated heterocycles. The number of rotatable bonds is 10. The second-order valence-electron chi connectivity index (χ2n) is 10.8. The molecule has 1 aliphatic heterocycles. The average Bonchev–Trinajstić information content (AvgIpc) is 3.05. The summed E-state index contributed by atoms with van der Waals surface area (Å²) >= 11 is 0. The lowest BCUT2D eigenvalue weighted by molar-refractivity contribution is -0.286. The fraction of sp³-hybridized carbons (Fsp3) is 0.500. The predicted octanol–water partition coefficient (Wildman–Crippen LogP) is 5.39. The maximum Gasteiger partial charge on any atom is 0.338 e. The lowest BCUT2D eigenvalue weighted by atomic mass is 9.77. The van der Waals surface area contributed by atoms with Gasteiger partial charge in [0, 0.05) is 15.9 Å². The molecule has 1 saturated carbocycles. The van der Waals surface area contributed by atoms with E-state index in [1.54, 1.807) is 67.6 Å². The van der Waals surface area contributed by atoms with Gasteiger partial charge in [-0.2, -0.15) is 0 Å². The zero-order valence-corrected chi connectivity index (χ0v) is 24.5. The third-order valence-electron chi connectivity index (χ3n) is 8.14. The van der Waals surface area contributed by atoms with E-state index in [4.69, 9.17) is 29.2 Å². The second-order valence-corrected chi connectivity index (χ2v) is 10.8. The zero-order chi connectivity index (χ0) is 31.6. The minimum Gasteiger partial charge on any atom is -0.469 e. The van der Waals surface area contributed by atoms with Crippen molar-refractivity contribution in [3.8, 4) is 0 Å². The third-order valence-corrected chi connectivity index (χ3v) is 8.14. The first-order chi connectivity index (χ1) is 21.3. The summed E-state index contributed by atoms with van der Waals surface area (Å²) in [5, 5.41) is 7.83. The van der Waals surface area contributed by atoms with Crippen LogP contribution >= 0.6 is 0 Å². The monoisotopic (exact) mass is 606 g/mol. The zero-order valence-electron chi connectivity index (χ0n) is 24.5. The van der Waals surface area contributed by atoms with Crippen molar-refractivity contribution in [2.24, 2.45) is 28.0 Å². The highest BCUT2D eigenvalue weighted by atomic mass is 16.7. The Labute approximate surface area is 253 Å². The Kier molecular flexibility index (Phi) is 11.2. The number of hydrogen-bond acceptors (Lipinski definition) is 10. The van der Waals surface area contributed by atoms with Crippen LogP contribution in [0.15, 0.2) is 70.9 Å². The van der Waals surface area contributed by atoms with E-state index in [2.05, 4.69) is 20.1 Å². The summed E-state index contributed by atoms with van der Waals surface area (Å²) in [5.74, 6) is -3.32. The number of azide groups is 2. The summed E-state index contributed by atoms with van der Waals surface area (Å²) in [5.41, 5.74) is 19.2. The second kappa shape index (κ2) is 15.2. The molecule has 2 aliphatic rings. The Hall–Kier alpha value is -4.61. The van der Waals surface area contributed by atoms with Crippen molar-refractivity contribution in [3.05, 3.63) is 92.7 Å². The van der Waals surface area contributed by atoms with E-state index in [0.29, 0.717) is 5.56 Å². The summed E-state index contributed by atoms with van der Waals surface area (Å²) in [6.45, 7) is 3.34. The van der Waals surface area contributed by atoms with Gasteiger partial charge >= 0.3 is 17.9 Å². The molecule has 2 fully saturated rings. The first-order valence-electron chi connectivity index (χ1n) is 14.2. The Morgan fingerprint density at radius 3 is 2.09 bits per heavy atom. The third kappa shape index (κ3) is 7.66. The van der Waals surface area contributed by atoms with Crippen molar-refractivity contribution < 1.29 is 38.1 Å². The molecular weight excluding hydrogens is 572 g/mol. The van der Waals surface area contributed by atoms with Crippen LogP contribution in [-0.4, -0.2) is 68.3 Å². The average molecular weight is 607 g/mol. The highest BCUT2D eigenvalue weighted by molar-refractivity contribution is 5.89. The van der Waals surface area contributed by atoms with Gasteiger partial charge in [-0.25, -0.2) is 9.59 Å². The lowest BCUT2D eigenvalue weighted by Gasteiger charge is -2.46. The largest absolute Gasteiger partial charge is 0.469 e. The van der Waals surface area contributed by atoms with Crippen LogP contribution in [0.1, 0.15) is 47.4 Å². The molecule has 1 heterocycles. The van der Waals surface area contributed by atoms with E-state index >= 15 is 0 Å². The van der Waals surface area contributed by atoms with Crippen molar-refractivity contribution in [3.63, 3.8) is 0 Å². The number of benzene rings is 2.